The maximum absolute atomic E-state index is 8.67. The van der Waals surface area contributed by atoms with Gasteiger partial charge in [0.25, 0.3) is 0 Å². The van der Waals surface area contributed by atoms with E-state index in [-0.39, 0.29) is 5.84 Å². The Hall–Kier alpha value is -1.75. The molecule has 0 unspecified atom stereocenters. The van der Waals surface area contributed by atoms with Crippen LogP contribution in [0.5, 0.6) is 0 Å². The first-order valence-electron chi connectivity index (χ1n) is 6.41. The zero-order valence-corrected chi connectivity index (χ0v) is 11.8. The fraction of sp³-hybridized carbons (Fsp3) is 0.500. The van der Waals surface area contributed by atoms with E-state index >= 15 is 0 Å². The van der Waals surface area contributed by atoms with Crippen molar-refractivity contribution in [3.8, 4) is 0 Å². The molecule has 1 aromatic rings. The predicted octanol–water partition coefficient (Wildman–Crippen LogP) is 1.89. The van der Waals surface area contributed by atoms with Gasteiger partial charge >= 0.3 is 0 Å². The summed E-state index contributed by atoms with van der Waals surface area (Å²) in [6.07, 6.45) is 0. The first-order chi connectivity index (χ1) is 9.04. The Balaban J connectivity index is 2.55. The Morgan fingerprint density at radius 3 is 2.84 bits per heavy atom. The summed E-state index contributed by atoms with van der Waals surface area (Å²) in [7, 11) is 1.99. The van der Waals surface area contributed by atoms with Crippen molar-refractivity contribution in [1.29, 1.82) is 0 Å². The van der Waals surface area contributed by atoms with E-state index in [1.807, 2.05) is 31.3 Å². The fourth-order valence-corrected chi connectivity index (χ4v) is 1.61. The molecule has 0 aliphatic heterocycles. The topological polar surface area (TPSA) is 71.1 Å². The Morgan fingerprint density at radius 2 is 2.21 bits per heavy atom. The molecule has 0 spiro atoms. The van der Waals surface area contributed by atoms with Crippen LogP contribution in [0.1, 0.15) is 19.4 Å². The van der Waals surface area contributed by atoms with E-state index in [9.17, 15) is 0 Å². The lowest BCUT2D eigenvalue weighted by Crippen LogP contribution is -2.24. The number of likely N-dealkylation sites (N-methyl/N-ethyl adjacent to an activating group) is 1. The summed E-state index contributed by atoms with van der Waals surface area (Å²) in [5.41, 5.74) is 7.29. The van der Waals surface area contributed by atoms with E-state index in [0.29, 0.717) is 18.1 Å². The standard InChI is InChI=1S/C14H23N3O2/c1-11(2)10-19-8-7-17(3)13-6-4-5-12(9-13)14(15)16-18/h4-6,9,11,18H,7-8,10H2,1-3H3,(H2,15,16). The Morgan fingerprint density at radius 1 is 1.47 bits per heavy atom. The summed E-state index contributed by atoms with van der Waals surface area (Å²) in [5.74, 6) is 0.667. The molecule has 0 atom stereocenters. The minimum atomic E-state index is 0.117. The highest BCUT2D eigenvalue weighted by atomic mass is 16.5. The molecule has 0 radical (unpaired) electrons. The van der Waals surface area contributed by atoms with Gasteiger partial charge in [0.15, 0.2) is 5.84 Å². The molecule has 106 valence electrons. The molecular weight excluding hydrogens is 242 g/mol. The minimum Gasteiger partial charge on any atom is -0.409 e. The fourth-order valence-electron chi connectivity index (χ4n) is 1.61. The first kappa shape index (κ1) is 15.3. The van der Waals surface area contributed by atoms with Crippen molar-refractivity contribution in [3.63, 3.8) is 0 Å². The summed E-state index contributed by atoms with van der Waals surface area (Å²) in [6, 6.07) is 7.56. The van der Waals surface area contributed by atoms with E-state index < -0.39 is 0 Å². The van der Waals surface area contributed by atoms with Crippen molar-refractivity contribution in [3.05, 3.63) is 29.8 Å². The Kier molecular flexibility index (Phi) is 6.15. The van der Waals surface area contributed by atoms with Gasteiger partial charge < -0.3 is 20.6 Å². The van der Waals surface area contributed by atoms with Gasteiger partial charge in [-0.3, -0.25) is 0 Å². The summed E-state index contributed by atoms with van der Waals surface area (Å²) in [4.78, 5) is 2.08. The largest absolute Gasteiger partial charge is 0.409 e. The highest BCUT2D eigenvalue weighted by Gasteiger charge is 2.04. The van der Waals surface area contributed by atoms with Gasteiger partial charge in [-0.1, -0.05) is 31.1 Å². The summed E-state index contributed by atoms with van der Waals surface area (Å²) in [5, 5.41) is 11.7. The highest BCUT2D eigenvalue weighted by Crippen LogP contribution is 2.14. The number of nitrogens with two attached hydrogens (primary N) is 1. The summed E-state index contributed by atoms with van der Waals surface area (Å²) >= 11 is 0. The number of oxime groups is 1. The number of benzene rings is 1. The minimum absolute atomic E-state index is 0.117. The zero-order chi connectivity index (χ0) is 14.3. The van der Waals surface area contributed by atoms with Crippen LogP contribution in [0.3, 0.4) is 0 Å². The summed E-state index contributed by atoms with van der Waals surface area (Å²) < 4.78 is 5.56. The third kappa shape index (κ3) is 5.18. The third-order valence-electron chi connectivity index (χ3n) is 2.71. The monoisotopic (exact) mass is 265 g/mol. The normalized spacial score (nSPS) is 11.9. The van der Waals surface area contributed by atoms with Gasteiger partial charge in [-0.25, -0.2) is 0 Å². The number of nitrogens with zero attached hydrogens (tertiary/aromatic N) is 2. The molecule has 0 saturated heterocycles. The van der Waals surface area contributed by atoms with E-state index in [2.05, 4.69) is 23.9 Å². The van der Waals surface area contributed by atoms with Crippen LogP contribution in [-0.4, -0.2) is 37.8 Å². The maximum Gasteiger partial charge on any atom is 0.170 e. The van der Waals surface area contributed by atoms with Gasteiger partial charge in [-0.15, -0.1) is 0 Å². The predicted molar refractivity (Wildman–Crippen MR) is 77.9 cm³/mol. The van der Waals surface area contributed by atoms with Crippen molar-refractivity contribution in [1.82, 2.24) is 0 Å². The number of rotatable bonds is 7. The van der Waals surface area contributed by atoms with E-state index in [1.165, 1.54) is 0 Å². The lowest BCUT2D eigenvalue weighted by atomic mass is 10.2. The second-order valence-corrected chi connectivity index (χ2v) is 4.93. The number of anilines is 1. The molecule has 0 amide bonds. The maximum atomic E-state index is 8.67. The van der Waals surface area contributed by atoms with Crippen molar-refractivity contribution in [2.45, 2.75) is 13.8 Å². The molecule has 5 heteroatoms. The zero-order valence-electron chi connectivity index (χ0n) is 11.8. The van der Waals surface area contributed by atoms with Crippen LogP contribution in [0.25, 0.3) is 0 Å². The molecule has 0 fully saturated rings. The van der Waals surface area contributed by atoms with Crippen LogP contribution in [0.2, 0.25) is 0 Å². The first-order valence-corrected chi connectivity index (χ1v) is 6.41. The number of ether oxygens (including phenoxy) is 1. The van der Waals surface area contributed by atoms with Crippen LogP contribution in [-0.2, 0) is 4.74 Å². The SMILES string of the molecule is CC(C)COCCN(C)c1cccc(/C(N)=N/O)c1. The number of hydrogen-bond donors (Lipinski definition) is 2. The van der Waals surface area contributed by atoms with Crippen LogP contribution in [0.15, 0.2) is 29.4 Å². The lowest BCUT2D eigenvalue weighted by molar-refractivity contribution is 0.116. The quantitative estimate of drug-likeness (QED) is 0.260. The van der Waals surface area contributed by atoms with Crippen molar-refractivity contribution in [2.75, 3.05) is 31.7 Å². The molecule has 1 rings (SSSR count). The average molecular weight is 265 g/mol. The van der Waals surface area contributed by atoms with Crippen LogP contribution < -0.4 is 10.6 Å². The van der Waals surface area contributed by atoms with Crippen LogP contribution in [0.4, 0.5) is 5.69 Å². The molecule has 0 saturated carbocycles. The highest BCUT2D eigenvalue weighted by molar-refractivity contribution is 5.97. The van der Waals surface area contributed by atoms with Crippen LogP contribution >= 0.6 is 0 Å². The second kappa shape index (κ2) is 7.63. The van der Waals surface area contributed by atoms with Gasteiger partial charge in [0.1, 0.15) is 0 Å². The van der Waals surface area contributed by atoms with E-state index in [0.717, 1.165) is 18.8 Å². The third-order valence-corrected chi connectivity index (χ3v) is 2.71. The molecular formula is C14H23N3O2. The molecule has 0 heterocycles. The van der Waals surface area contributed by atoms with Gasteiger partial charge in [0.2, 0.25) is 0 Å². The van der Waals surface area contributed by atoms with Crippen LogP contribution in [0, 0.1) is 5.92 Å². The second-order valence-electron chi connectivity index (χ2n) is 4.93. The molecule has 19 heavy (non-hydrogen) atoms. The molecule has 5 nitrogen and oxygen atoms in total. The lowest BCUT2D eigenvalue weighted by Gasteiger charge is -2.20. The Bertz CT molecular complexity index is 419. The van der Waals surface area contributed by atoms with Gasteiger partial charge in [0, 0.05) is 31.5 Å². The van der Waals surface area contributed by atoms with Crippen molar-refractivity contribution >= 4 is 11.5 Å². The average Bonchev–Trinajstić information content (AvgIpc) is 2.42. The number of hydrogen-bond acceptors (Lipinski definition) is 4. The molecule has 0 aliphatic carbocycles. The van der Waals surface area contributed by atoms with Crippen molar-refractivity contribution < 1.29 is 9.94 Å². The van der Waals surface area contributed by atoms with E-state index in [1.54, 1.807) is 0 Å². The van der Waals surface area contributed by atoms with Gasteiger partial charge in [-0.05, 0) is 18.1 Å². The van der Waals surface area contributed by atoms with Gasteiger partial charge in [0.05, 0.1) is 6.61 Å². The molecule has 0 bridgehead atoms. The van der Waals surface area contributed by atoms with E-state index in [4.69, 9.17) is 15.7 Å². The van der Waals surface area contributed by atoms with Gasteiger partial charge in [-0.2, -0.15) is 0 Å². The molecule has 0 aromatic heterocycles. The molecule has 3 N–H and O–H groups in total. The summed E-state index contributed by atoms with van der Waals surface area (Å²) in [6.45, 7) is 6.52. The molecule has 1 aromatic carbocycles. The number of amidine groups is 1. The molecule has 0 aliphatic rings. The smallest absolute Gasteiger partial charge is 0.170 e. The Labute approximate surface area is 114 Å². The van der Waals surface area contributed by atoms with Crippen molar-refractivity contribution in [2.24, 2.45) is 16.8 Å².